The normalized spacial score (nSPS) is 13.3. The molecule has 0 atom stereocenters. The highest BCUT2D eigenvalue weighted by atomic mass is 32.2. The molecule has 0 aliphatic carbocycles. The molecule has 0 fully saturated rings. The van der Waals surface area contributed by atoms with E-state index < -0.39 is 15.6 Å². The van der Waals surface area contributed by atoms with E-state index in [0.717, 1.165) is 38.9 Å². The summed E-state index contributed by atoms with van der Waals surface area (Å²) in [5, 5.41) is 6.30. The van der Waals surface area contributed by atoms with Gasteiger partial charge in [-0.3, -0.25) is 4.99 Å². The number of ether oxygens (including phenoxy) is 1. The van der Waals surface area contributed by atoms with Crippen molar-refractivity contribution < 1.29 is 13.2 Å². The van der Waals surface area contributed by atoms with Crippen molar-refractivity contribution in [3.8, 4) is 0 Å². The van der Waals surface area contributed by atoms with Crippen LogP contribution in [0.25, 0.3) is 0 Å². The van der Waals surface area contributed by atoms with Crippen LogP contribution in [0.4, 0.5) is 0 Å². The Morgan fingerprint density at radius 2 is 1.90 bits per heavy atom. The quantitative estimate of drug-likeness (QED) is 0.306. The first kappa shape index (κ1) is 20.1. The van der Waals surface area contributed by atoms with E-state index >= 15 is 0 Å². The van der Waals surface area contributed by atoms with E-state index in [9.17, 15) is 8.42 Å². The molecule has 0 heterocycles. The molecule has 0 saturated heterocycles. The number of hydrogen-bond acceptors (Lipinski definition) is 4. The summed E-state index contributed by atoms with van der Waals surface area (Å²) in [4.78, 5) is 4.11. The van der Waals surface area contributed by atoms with Gasteiger partial charge in [0.05, 0.1) is 6.26 Å². The molecule has 0 unspecified atom stereocenters. The van der Waals surface area contributed by atoms with Crippen LogP contribution in [0.3, 0.4) is 0 Å². The van der Waals surface area contributed by atoms with Gasteiger partial charge in [0.2, 0.25) is 10.0 Å². The summed E-state index contributed by atoms with van der Waals surface area (Å²) >= 11 is 0. The lowest BCUT2D eigenvalue weighted by atomic mass is 10.1. The fraction of sp³-hybridized carbons (Fsp3) is 0.923. The van der Waals surface area contributed by atoms with Crippen LogP contribution in [0.15, 0.2) is 4.99 Å². The molecule has 0 aliphatic heterocycles. The van der Waals surface area contributed by atoms with Crippen LogP contribution in [-0.4, -0.2) is 59.5 Å². The molecule has 0 aliphatic rings. The highest BCUT2D eigenvalue weighted by Gasteiger charge is 2.22. The van der Waals surface area contributed by atoms with Gasteiger partial charge < -0.3 is 15.4 Å². The molecule has 0 aromatic carbocycles. The first-order valence-corrected chi connectivity index (χ1v) is 9.10. The summed E-state index contributed by atoms with van der Waals surface area (Å²) in [6.45, 7) is 8.38. The fourth-order valence-electron chi connectivity index (χ4n) is 1.74. The van der Waals surface area contributed by atoms with Crippen LogP contribution in [0.5, 0.6) is 0 Å². The van der Waals surface area contributed by atoms with E-state index in [1.54, 1.807) is 7.05 Å². The van der Waals surface area contributed by atoms with Gasteiger partial charge in [-0.1, -0.05) is 0 Å². The van der Waals surface area contributed by atoms with Gasteiger partial charge in [0.25, 0.3) is 0 Å². The number of nitrogens with one attached hydrogen (secondary N) is 3. The Morgan fingerprint density at radius 1 is 1.24 bits per heavy atom. The molecule has 0 radical (unpaired) electrons. The number of sulfonamides is 1. The van der Waals surface area contributed by atoms with Gasteiger partial charge in [-0.05, 0) is 33.6 Å². The van der Waals surface area contributed by atoms with Crippen LogP contribution >= 0.6 is 0 Å². The number of nitrogens with zero attached hydrogens (tertiary/aromatic N) is 1. The Kier molecular flexibility index (Phi) is 9.56. The first-order valence-electron chi connectivity index (χ1n) is 7.21. The van der Waals surface area contributed by atoms with Gasteiger partial charge in [0.1, 0.15) is 0 Å². The predicted octanol–water partition coefficient (Wildman–Crippen LogP) is 0.296. The number of rotatable bonds is 10. The molecule has 8 heteroatoms. The molecule has 0 amide bonds. The van der Waals surface area contributed by atoms with Gasteiger partial charge in [-0.25, -0.2) is 13.1 Å². The van der Waals surface area contributed by atoms with E-state index in [0.29, 0.717) is 12.5 Å². The van der Waals surface area contributed by atoms with E-state index in [1.165, 1.54) is 0 Å². The zero-order valence-corrected chi connectivity index (χ0v) is 14.6. The molecule has 21 heavy (non-hydrogen) atoms. The van der Waals surface area contributed by atoms with E-state index in [1.807, 2.05) is 20.8 Å². The fourth-order valence-corrected chi connectivity index (χ4v) is 2.82. The van der Waals surface area contributed by atoms with Gasteiger partial charge in [-0.15, -0.1) is 0 Å². The maximum absolute atomic E-state index is 11.3. The largest absolute Gasteiger partial charge is 0.382 e. The van der Waals surface area contributed by atoms with E-state index in [2.05, 4.69) is 20.3 Å². The Morgan fingerprint density at radius 3 is 2.43 bits per heavy atom. The maximum atomic E-state index is 11.3. The minimum absolute atomic E-state index is 0.443. The van der Waals surface area contributed by atoms with Crippen molar-refractivity contribution in [2.75, 3.05) is 39.6 Å². The van der Waals surface area contributed by atoms with Crippen LogP contribution in [0, 0.1) is 0 Å². The second-order valence-electron chi connectivity index (χ2n) is 5.51. The number of hydrogen-bond donors (Lipinski definition) is 3. The third-order valence-corrected chi connectivity index (χ3v) is 3.52. The second kappa shape index (κ2) is 9.97. The molecule has 3 N–H and O–H groups in total. The average molecular weight is 322 g/mol. The van der Waals surface area contributed by atoms with Gasteiger partial charge >= 0.3 is 0 Å². The molecule has 126 valence electrons. The molecule has 0 saturated carbocycles. The molecule has 0 aromatic rings. The van der Waals surface area contributed by atoms with E-state index in [4.69, 9.17) is 4.74 Å². The topological polar surface area (TPSA) is 91.8 Å². The lowest BCUT2D eigenvalue weighted by molar-refractivity contribution is 0.143. The summed E-state index contributed by atoms with van der Waals surface area (Å²) in [5.74, 6) is 0.662. The van der Waals surface area contributed by atoms with Crippen molar-refractivity contribution >= 4 is 16.0 Å². The standard InChI is InChI=1S/C13H30N4O3S/c1-6-20-10-8-7-9-15-12(14-4)16-11-13(2,3)17-21(5,18)19/h17H,6-11H2,1-5H3,(H2,14,15,16). The third-order valence-electron chi connectivity index (χ3n) is 2.60. The first-order chi connectivity index (χ1) is 9.70. The Bertz CT molecular complexity index is 408. The monoisotopic (exact) mass is 322 g/mol. The second-order valence-corrected chi connectivity index (χ2v) is 7.26. The van der Waals surface area contributed by atoms with Crippen molar-refractivity contribution in [2.45, 2.75) is 39.2 Å². The molecular weight excluding hydrogens is 292 g/mol. The Labute approximate surface area is 129 Å². The van der Waals surface area contributed by atoms with Crippen LogP contribution in [-0.2, 0) is 14.8 Å². The molecular formula is C13H30N4O3S. The summed E-state index contributed by atoms with van der Waals surface area (Å²) in [5.41, 5.74) is -0.583. The number of aliphatic imine (C=N–C) groups is 1. The summed E-state index contributed by atoms with van der Waals surface area (Å²) in [6.07, 6.45) is 3.14. The van der Waals surface area contributed by atoms with Gasteiger partial charge in [0.15, 0.2) is 5.96 Å². The Balaban J connectivity index is 4.00. The average Bonchev–Trinajstić information content (AvgIpc) is 2.34. The minimum atomic E-state index is -3.23. The highest BCUT2D eigenvalue weighted by molar-refractivity contribution is 7.88. The number of guanidine groups is 1. The van der Waals surface area contributed by atoms with Crippen molar-refractivity contribution in [1.29, 1.82) is 0 Å². The van der Waals surface area contributed by atoms with Crippen LogP contribution < -0.4 is 15.4 Å². The summed E-state index contributed by atoms with van der Waals surface area (Å²) < 4.78 is 30.4. The lowest BCUT2D eigenvalue weighted by Gasteiger charge is -2.26. The maximum Gasteiger partial charge on any atom is 0.209 e. The molecule has 0 spiro atoms. The number of unbranched alkanes of at least 4 members (excludes halogenated alkanes) is 1. The molecule has 0 aromatic heterocycles. The third kappa shape index (κ3) is 12.6. The van der Waals surface area contributed by atoms with Crippen molar-refractivity contribution in [3.05, 3.63) is 0 Å². The Hall–Kier alpha value is -0.860. The highest BCUT2D eigenvalue weighted by Crippen LogP contribution is 2.01. The zero-order valence-electron chi connectivity index (χ0n) is 13.8. The van der Waals surface area contributed by atoms with Gasteiger partial charge in [0, 0.05) is 38.9 Å². The zero-order chi connectivity index (χ0) is 16.4. The van der Waals surface area contributed by atoms with Crippen molar-refractivity contribution in [1.82, 2.24) is 15.4 Å². The van der Waals surface area contributed by atoms with E-state index in [-0.39, 0.29) is 0 Å². The predicted molar refractivity (Wildman–Crippen MR) is 87.1 cm³/mol. The molecule has 0 bridgehead atoms. The van der Waals surface area contributed by atoms with Crippen molar-refractivity contribution in [2.24, 2.45) is 4.99 Å². The SMILES string of the molecule is CCOCCCCNC(=NC)NCC(C)(C)NS(C)(=O)=O. The van der Waals surface area contributed by atoms with Crippen LogP contribution in [0.2, 0.25) is 0 Å². The lowest BCUT2D eigenvalue weighted by Crippen LogP contribution is -2.53. The molecule has 0 rings (SSSR count). The van der Waals surface area contributed by atoms with Crippen molar-refractivity contribution in [3.63, 3.8) is 0 Å². The molecule has 7 nitrogen and oxygen atoms in total. The van der Waals surface area contributed by atoms with Gasteiger partial charge in [-0.2, -0.15) is 0 Å². The smallest absolute Gasteiger partial charge is 0.209 e. The van der Waals surface area contributed by atoms with Crippen LogP contribution in [0.1, 0.15) is 33.6 Å². The summed E-state index contributed by atoms with van der Waals surface area (Å²) in [7, 11) is -1.54. The minimum Gasteiger partial charge on any atom is -0.382 e. The summed E-state index contributed by atoms with van der Waals surface area (Å²) in [6, 6.07) is 0.